The van der Waals surface area contributed by atoms with Gasteiger partial charge in [0.2, 0.25) is 0 Å². The predicted octanol–water partition coefficient (Wildman–Crippen LogP) is 4.99. The molecule has 0 saturated heterocycles. The summed E-state index contributed by atoms with van der Waals surface area (Å²) in [7, 11) is 0. The number of aliphatic hydroxyl groups excluding tert-OH is 1. The number of halogens is 1. The first-order chi connectivity index (χ1) is 9.62. The summed E-state index contributed by atoms with van der Waals surface area (Å²) in [6.07, 6.45) is 7.63. The molecular formula is C17H23BrO2. The van der Waals surface area contributed by atoms with Crippen molar-refractivity contribution < 1.29 is 9.84 Å². The van der Waals surface area contributed by atoms with Crippen LogP contribution in [0.1, 0.15) is 63.5 Å². The van der Waals surface area contributed by atoms with Crippen molar-refractivity contribution in [2.24, 2.45) is 5.92 Å². The summed E-state index contributed by atoms with van der Waals surface area (Å²) >= 11 is 3.49. The van der Waals surface area contributed by atoms with Gasteiger partial charge < -0.3 is 9.84 Å². The van der Waals surface area contributed by atoms with Gasteiger partial charge in [-0.1, -0.05) is 41.8 Å². The molecule has 20 heavy (non-hydrogen) atoms. The summed E-state index contributed by atoms with van der Waals surface area (Å²) in [4.78, 5) is 0. The largest absolute Gasteiger partial charge is 0.487 e. The van der Waals surface area contributed by atoms with Crippen molar-refractivity contribution >= 4 is 15.9 Å². The van der Waals surface area contributed by atoms with Crippen LogP contribution in [0.3, 0.4) is 0 Å². The van der Waals surface area contributed by atoms with Crippen LogP contribution < -0.4 is 4.74 Å². The van der Waals surface area contributed by atoms with Crippen molar-refractivity contribution in [1.29, 1.82) is 0 Å². The Bertz CT molecular complexity index is 478. The van der Waals surface area contributed by atoms with Crippen LogP contribution in [-0.2, 0) is 0 Å². The molecule has 1 aliphatic heterocycles. The van der Waals surface area contributed by atoms with Crippen LogP contribution >= 0.6 is 15.9 Å². The van der Waals surface area contributed by atoms with Gasteiger partial charge in [-0.25, -0.2) is 0 Å². The molecule has 0 aromatic heterocycles. The molecule has 0 bridgehead atoms. The second-order valence-corrected chi connectivity index (χ2v) is 7.33. The van der Waals surface area contributed by atoms with Gasteiger partial charge in [-0.3, -0.25) is 0 Å². The summed E-state index contributed by atoms with van der Waals surface area (Å²) in [5.41, 5.74) is 0.812. The third-order valence-corrected chi connectivity index (χ3v) is 5.43. The molecule has 1 spiro atoms. The molecule has 1 heterocycles. The minimum Gasteiger partial charge on any atom is -0.487 e. The minimum atomic E-state index is -0.380. The standard InChI is InChI=1S/C17H23BrO2/c1-2-3-12-6-8-17(9-7-12)11-15(19)14-5-4-13(18)10-16(14)20-17/h4-5,10,12,15,19H,2-3,6-9,11H2,1H3/t12?,15-,17?/m1/s1. The molecule has 3 rings (SSSR count). The summed E-state index contributed by atoms with van der Waals surface area (Å²) in [5, 5.41) is 10.4. The molecule has 1 saturated carbocycles. The fraction of sp³-hybridized carbons (Fsp3) is 0.647. The number of aliphatic hydroxyl groups is 1. The van der Waals surface area contributed by atoms with Gasteiger partial charge in [0.1, 0.15) is 11.4 Å². The smallest absolute Gasteiger partial charge is 0.127 e. The van der Waals surface area contributed by atoms with Crippen molar-refractivity contribution in [3.05, 3.63) is 28.2 Å². The van der Waals surface area contributed by atoms with E-state index in [1.165, 1.54) is 25.7 Å². The summed E-state index contributed by atoms with van der Waals surface area (Å²) < 4.78 is 7.36. The zero-order valence-electron chi connectivity index (χ0n) is 12.1. The normalized spacial score (nSPS) is 32.8. The first-order valence-corrected chi connectivity index (χ1v) is 8.58. The number of ether oxygens (including phenoxy) is 1. The van der Waals surface area contributed by atoms with Gasteiger partial charge in [0.05, 0.1) is 6.10 Å². The maximum atomic E-state index is 10.4. The monoisotopic (exact) mass is 338 g/mol. The minimum absolute atomic E-state index is 0.128. The maximum Gasteiger partial charge on any atom is 0.127 e. The molecule has 0 unspecified atom stereocenters. The summed E-state index contributed by atoms with van der Waals surface area (Å²) in [6.45, 7) is 2.26. The molecule has 1 atom stereocenters. The van der Waals surface area contributed by atoms with E-state index in [0.29, 0.717) is 0 Å². The Labute approximate surface area is 129 Å². The highest BCUT2D eigenvalue weighted by molar-refractivity contribution is 9.10. The van der Waals surface area contributed by atoms with Crippen LogP contribution in [0.25, 0.3) is 0 Å². The highest BCUT2D eigenvalue weighted by atomic mass is 79.9. The van der Waals surface area contributed by atoms with E-state index >= 15 is 0 Å². The van der Waals surface area contributed by atoms with Gasteiger partial charge in [-0.05, 0) is 43.7 Å². The van der Waals surface area contributed by atoms with E-state index in [0.717, 1.165) is 41.0 Å². The SMILES string of the molecule is CCCC1CCC2(CC1)C[C@@H](O)c1ccc(Br)cc1O2. The number of hydrogen-bond acceptors (Lipinski definition) is 2. The molecule has 110 valence electrons. The Kier molecular flexibility index (Phi) is 4.09. The predicted molar refractivity (Wildman–Crippen MR) is 83.9 cm³/mol. The van der Waals surface area contributed by atoms with Crippen molar-refractivity contribution in [3.8, 4) is 5.75 Å². The first-order valence-electron chi connectivity index (χ1n) is 7.78. The average molecular weight is 339 g/mol. The van der Waals surface area contributed by atoms with Crippen molar-refractivity contribution in [2.45, 2.75) is 63.6 Å². The van der Waals surface area contributed by atoms with E-state index < -0.39 is 0 Å². The van der Waals surface area contributed by atoms with Gasteiger partial charge in [0.15, 0.2) is 0 Å². The first kappa shape index (κ1) is 14.4. The molecule has 1 aromatic carbocycles. The lowest BCUT2D eigenvalue weighted by molar-refractivity contribution is -0.0474. The third-order valence-electron chi connectivity index (χ3n) is 4.94. The molecule has 0 amide bonds. The van der Waals surface area contributed by atoms with E-state index in [1.54, 1.807) is 0 Å². The lowest BCUT2D eigenvalue weighted by atomic mass is 9.73. The van der Waals surface area contributed by atoms with Gasteiger partial charge in [-0.2, -0.15) is 0 Å². The fourth-order valence-corrected chi connectivity index (χ4v) is 4.16. The highest BCUT2D eigenvalue weighted by Gasteiger charge is 2.42. The number of fused-ring (bicyclic) bond motifs is 1. The maximum absolute atomic E-state index is 10.4. The number of benzene rings is 1. The molecule has 1 N–H and O–H groups in total. The fourth-order valence-electron chi connectivity index (χ4n) is 3.82. The van der Waals surface area contributed by atoms with Gasteiger partial charge in [0.25, 0.3) is 0 Å². The van der Waals surface area contributed by atoms with Crippen molar-refractivity contribution in [2.75, 3.05) is 0 Å². The second-order valence-electron chi connectivity index (χ2n) is 6.42. The topological polar surface area (TPSA) is 29.5 Å². The van der Waals surface area contributed by atoms with Gasteiger partial charge >= 0.3 is 0 Å². The molecule has 3 heteroatoms. The Morgan fingerprint density at radius 3 is 2.80 bits per heavy atom. The third kappa shape index (κ3) is 2.75. The molecular weight excluding hydrogens is 316 g/mol. The summed E-state index contributed by atoms with van der Waals surface area (Å²) in [5.74, 6) is 1.72. The summed E-state index contributed by atoms with van der Waals surface area (Å²) in [6, 6.07) is 5.94. The molecule has 1 aliphatic carbocycles. The Balaban J connectivity index is 1.77. The quantitative estimate of drug-likeness (QED) is 0.822. The van der Waals surface area contributed by atoms with E-state index in [4.69, 9.17) is 4.74 Å². The number of rotatable bonds is 2. The second kappa shape index (κ2) is 5.69. The Morgan fingerprint density at radius 1 is 1.35 bits per heavy atom. The molecule has 0 radical (unpaired) electrons. The highest BCUT2D eigenvalue weighted by Crippen LogP contribution is 2.48. The van der Waals surface area contributed by atoms with Crippen LogP contribution in [0.4, 0.5) is 0 Å². The van der Waals surface area contributed by atoms with E-state index in [1.807, 2.05) is 18.2 Å². The van der Waals surface area contributed by atoms with Crippen LogP contribution in [0.5, 0.6) is 5.75 Å². The van der Waals surface area contributed by atoms with Crippen LogP contribution in [0.2, 0.25) is 0 Å². The van der Waals surface area contributed by atoms with Crippen molar-refractivity contribution in [3.63, 3.8) is 0 Å². The van der Waals surface area contributed by atoms with Gasteiger partial charge in [-0.15, -0.1) is 0 Å². The van der Waals surface area contributed by atoms with Crippen molar-refractivity contribution in [1.82, 2.24) is 0 Å². The Morgan fingerprint density at radius 2 is 2.10 bits per heavy atom. The van der Waals surface area contributed by atoms with E-state index in [-0.39, 0.29) is 11.7 Å². The molecule has 1 aromatic rings. The molecule has 2 aliphatic rings. The van der Waals surface area contributed by atoms with Crippen LogP contribution in [-0.4, -0.2) is 10.7 Å². The lowest BCUT2D eigenvalue weighted by Crippen LogP contribution is -2.44. The molecule has 1 fully saturated rings. The zero-order chi connectivity index (χ0) is 14.2. The van der Waals surface area contributed by atoms with Crippen LogP contribution in [0.15, 0.2) is 22.7 Å². The Hall–Kier alpha value is -0.540. The number of hydrogen-bond donors (Lipinski definition) is 1. The molecule has 2 nitrogen and oxygen atoms in total. The van der Waals surface area contributed by atoms with E-state index in [2.05, 4.69) is 22.9 Å². The lowest BCUT2D eigenvalue weighted by Gasteiger charge is -2.45. The zero-order valence-corrected chi connectivity index (χ0v) is 13.7. The van der Waals surface area contributed by atoms with Gasteiger partial charge in [0, 0.05) is 16.5 Å². The average Bonchev–Trinajstić information content (AvgIpc) is 2.41. The van der Waals surface area contributed by atoms with Crippen LogP contribution in [0, 0.1) is 5.92 Å². The van der Waals surface area contributed by atoms with E-state index in [9.17, 15) is 5.11 Å².